The van der Waals surface area contributed by atoms with E-state index in [9.17, 15) is 9.18 Å². The van der Waals surface area contributed by atoms with Gasteiger partial charge in [0.05, 0.1) is 12.1 Å². The van der Waals surface area contributed by atoms with Crippen molar-refractivity contribution >= 4 is 23.8 Å². The number of hydrazone groups is 1. The molecular formula is C21H23ClFN3O2. The molecule has 7 heteroatoms. The monoisotopic (exact) mass is 403 g/mol. The maximum absolute atomic E-state index is 13.7. The minimum absolute atomic E-state index is 0.289. The summed E-state index contributed by atoms with van der Waals surface area (Å²) in [6, 6.07) is 11.9. The van der Waals surface area contributed by atoms with Gasteiger partial charge in [0.15, 0.2) is 0 Å². The molecule has 1 fully saturated rings. The van der Waals surface area contributed by atoms with Crippen LogP contribution in [0, 0.1) is 11.7 Å². The topological polar surface area (TPSA) is 64.9 Å². The van der Waals surface area contributed by atoms with Gasteiger partial charge < -0.3 is 15.4 Å². The van der Waals surface area contributed by atoms with E-state index in [2.05, 4.69) is 15.4 Å². The zero-order chi connectivity index (χ0) is 19.9. The Bertz CT molecular complexity index is 859. The van der Waals surface area contributed by atoms with E-state index in [1.807, 2.05) is 18.2 Å². The molecule has 5 nitrogen and oxygen atoms in total. The van der Waals surface area contributed by atoms with E-state index in [-0.39, 0.29) is 11.7 Å². The Hall–Kier alpha value is -2.44. The van der Waals surface area contributed by atoms with Crippen LogP contribution in [-0.4, -0.2) is 48.4 Å². The summed E-state index contributed by atoms with van der Waals surface area (Å²) in [6.07, 6.45) is 3.21. The highest BCUT2D eigenvalue weighted by molar-refractivity contribution is 6.33. The van der Waals surface area contributed by atoms with Crippen molar-refractivity contribution in [2.24, 2.45) is 11.0 Å². The number of hydrogen-bond donors (Lipinski definition) is 2. The second-order valence-corrected chi connectivity index (χ2v) is 7.26. The van der Waals surface area contributed by atoms with Crippen molar-refractivity contribution in [2.45, 2.75) is 12.8 Å². The molecule has 0 amide bonds. The van der Waals surface area contributed by atoms with Crippen LogP contribution in [0.4, 0.5) is 4.39 Å². The first-order valence-electron chi connectivity index (χ1n) is 9.30. The molecule has 1 aliphatic heterocycles. The fourth-order valence-electron chi connectivity index (χ4n) is 3.41. The second-order valence-electron chi connectivity index (χ2n) is 6.86. The lowest BCUT2D eigenvalue weighted by molar-refractivity contribution is -0.143. The van der Waals surface area contributed by atoms with Crippen molar-refractivity contribution in [3.8, 4) is 11.1 Å². The molecule has 1 heterocycles. The van der Waals surface area contributed by atoms with Crippen molar-refractivity contribution in [2.75, 3.05) is 26.2 Å². The molecule has 0 saturated carbocycles. The summed E-state index contributed by atoms with van der Waals surface area (Å²) in [5.74, 6) is -1.36. The first-order chi connectivity index (χ1) is 13.5. The van der Waals surface area contributed by atoms with Gasteiger partial charge >= 0.3 is 5.97 Å². The summed E-state index contributed by atoms with van der Waals surface area (Å²) in [5, 5.41) is 13.9. The van der Waals surface area contributed by atoms with Crippen molar-refractivity contribution in [1.82, 2.24) is 10.3 Å². The number of aliphatic carboxylic acids is 1. The third-order valence-corrected chi connectivity index (χ3v) is 5.20. The number of carboxylic acids is 1. The number of benzene rings is 2. The van der Waals surface area contributed by atoms with Crippen LogP contribution in [0.1, 0.15) is 18.4 Å². The summed E-state index contributed by atoms with van der Waals surface area (Å²) in [7, 11) is 0. The molecule has 0 bridgehead atoms. The molecular weight excluding hydrogens is 381 g/mol. The molecule has 2 N–H and O–H groups in total. The van der Waals surface area contributed by atoms with E-state index < -0.39 is 5.97 Å². The first kappa shape index (κ1) is 20.3. The number of nitrogens with zero attached hydrogens (tertiary/aromatic N) is 2. The minimum Gasteiger partial charge on any atom is -0.481 e. The highest BCUT2D eigenvalue weighted by Gasteiger charge is 2.24. The lowest BCUT2D eigenvalue weighted by atomic mass is 9.98. The Morgan fingerprint density at radius 3 is 2.93 bits per heavy atom. The van der Waals surface area contributed by atoms with E-state index in [4.69, 9.17) is 16.7 Å². The summed E-state index contributed by atoms with van der Waals surface area (Å²) < 4.78 is 13.7. The SMILES string of the molecule is O=C(O)C1CCCN(CCN/N=C/c2cc(F)ccc2-c2ccccc2Cl)C1. The van der Waals surface area contributed by atoms with Gasteiger partial charge in [-0.3, -0.25) is 4.79 Å². The van der Waals surface area contributed by atoms with Crippen LogP contribution >= 0.6 is 11.6 Å². The lowest BCUT2D eigenvalue weighted by Gasteiger charge is -2.30. The predicted octanol–water partition coefficient (Wildman–Crippen LogP) is 3.87. The van der Waals surface area contributed by atoms with Gasteiger partial charge in [0, 0.05) is 35.8 Å². The number of likely N-dealkylation sites (tertiary alicyclic amines) is 1. The predicted molar refractivity (Wildman–Crippen MR) is 109 cm³/mol. The van der Waals surface area contributed by atoms with Crippen LogP contribution in [0.3, 0.4) is 0 Å². The maximum atomic E-state index is 13.7. The summed E-state index contributed by atoms with van der Waals surface area (Å²) in [5.41, 5.74) is 5.21. The van der Waals surface area contributed by atoms with Crippen molar-refractivity contribution in [3.05, 3.63) is 58.9 Å². The van der Waals surface area contributed by atoms with Gasteiger partial charge in [-0.05, 0) is 43.1 Å². The number of piperidine rings is 1. The molecule has 1 atom stereocenters. The van der Waals surface area contributed by atoms with E-state index in [0.717, 1.165) is 30.5 Å². The minimum atomic E-state index is -0.728. The Balaban J connectivity index is 1.60. The molecule has 3 rings (SSSR count). The number of halogens is 2. The molecule has 1 unspecified atom stereocenters. The lowest BCUT2D eigenvalue weighted by Crippen LogP contribution is -2.41. The zero-order valence-electron chi connectivity index (χ0n) is 15.4. The number of nitrogens with one attached hydrogen (secondary N) is 1. The number of rotatable bonds is 7. The highest BCUT2D eigenvalue weighted by atomic mass is 35.5. The molecule has 0 spiro atoms. The number of carbonyl (C=O) groups is 1. The van der Waals surface area contributed by atoms with Crippen molar-refractivity contribution in [1.29, 1.82) is 0 Å². The summed E-state index contributed by atoms with van der Waals surface area (Å²) in [4.78, 5) is 13.3. The maximum Gasteiger partial charge on any atom is 0.307 e. The smallest absolute Gasteiger partial charge is 0.307 e. The van der Waals surface area contributed by atoms with Crippen LogP contribution in [0.5, 0.6) is 0 Å². The van der Waals surface area contributed by atoms with E-state index in [1.54, 1.807) is 18.3 Å². The molecule has 0 radical (unpaired) electrons. The third kappa shape index (κ3) is 5.30. The van der Waals surface area contributed by atoms with Gasteiger partial charge in [-0.1, -0.05) is 35.9 Å². The van der Waals surface area contributed by atoms with Gasteiger partial charge in [-0.25, -0.2) is 4.39 Å². The number of carboxylic acid groups (broad SMARTS) is 1. The Labute approximate surface area is 168 Å². The molecule has 1 saturated heterocycles. The largest absolute Gasteiger partial charge is 0.481 e. The van der Waals surface area contributed by atoms with Crippen LogP contribution in [0.2, 0.25) is 5.02 Å². The third-order valence-electron chi connectivity index (χ3n) is 4.87. The van der Waals surface area contributed by atoms with Crippen molar-refractivity contribution < 1.29 is 14.3 Å². The van der Waals surface area contributed by atoms with Gasteiger partial charge in [-0.2, -0.15) is 5.10 Å². The quantitative estimate of drug-likeness (QED) is 0.418. The van der Waals surface area contributed by atoms with E-state index in [0.29, 0.717) is 30.2 Å². The molecule has 1 aliphatic rings. The van der Waals surface area contributed by atoms with Crippen LogP contribution in [0.25, 0.3) is 11.1 Å². The molecule has 2 aromatic carbocycles. The molecule has 0 aliphatic carbocycles. The Morgan fingerprint density at radius 1 is 1.32 bits per heavy atom. The van der Waals surface area contributed by atoms with Gasteiger partial charge in [0.25, 0.3) is 0 Å². The number of hydrogen-bond acceptors (Lipinski definition) is 4. The molecule has 28 heavy (non-hydrogen) atoms. The van der Waals surface area contributed by atoms with Gasteiger partial charge in [-0.15, -0.1) is 0 Å². The zero-order valence-corrected chi connectivity index (χ0v) is 16.2. The molecule has 2 aromatic rings. The van der Waals surface area contributed by atoms with Crippen LogP contribution in [-0.2, 0) is 4.79 Å². The van der Waals surface area contributed by atoms with Gasteiger partial charge in [0.1, 0.15) is 5.82 Å². The molecule has 148 valence electrons. The molecule has 0 aromatic heterocycles. The standard InChI is InChI=1S/C21H23ClFN3O2/c22-20-6-2-1-5-19(20)18-8-7-17(23)12-16(18)13-25-24-9-11-26-10-3-4-15(14-26)21(27)28/h1-2,5-8,12-13,15,24H,3-4,9-11,14H2,(H,27,28)/b25-13+. The van der Waals surface area contributed by atoms with E-state index >= 15 is 0 Å². The van der Waals surface area contributed by atoms with E-state index in [1.165, 1.54) is 12.1 Å². The summed E-state index contributed by atoms with van der Waals surface area (Å²) in [6.45, 7) is 2.76. The van der Waals surface area contributed by atoms with Crippen LogP contribution < -0.4 is 5.43 Å². The fourth-order valence-corrected chi connectivity index (χ4v) is 3.65. The average molecular weight is 404 g/mol. The second kappa shape index (κ2) is 9.66. The van der Waals surface area contributed by atoms with Gasteiger partial charge in [0.2, 0.25) is 0 Å². The Morgan fingerprint density at radius 2 is 2.14 bits per heavy atom. The average Bonchev–Trinajstić information content (AvgIpc) is 2.69. The van der Waals surface area contributed by atoms with Crippen LogP contribution in [0.15, 0.2) is 47.6 Å². The highest BCUT2D eigenvalue weighted by Crippen LogP contribution is 2.30. The fraction of sp³-hybridized carbons (Fsp3) is 0.333. The normalized spacial score (nSPS) is 17.7. The van der Waals surface area contributed by atoms with Crippen molar-refractivity contribution in [3.63, 3.8) is 0 Å². The summed E-state index contributed by atoms with van der Waals surface area (Å²) >= 11 is 6.27. The first-order valence-corrected chi connectivity index (χ1v) is 9.68. The Kier molecular flexibility index (Phi) is 7.01.